The van der Waals surface area contributed by atoms with Crippen molar-refractivity contribution in [3.05, 3.63) is 45.4 Å². The first-order valence-electron chi connectivity index (χ1n) is 10.8. The Balaban J connectivity index is 1.70. The van der Waals surface area contributed by atoms with E-state index in [1.165, 1.54) is 11.3 Å². The Morgan fingerprint density at radius 2 is 2.03 bits per heavy atom. The average molecular weight is 515 g/mol. The number of nitrogens with one attached hydrogen (secondary N) is 1. The van der Waals surface area contributed by atoms with E-state index < -0.39 is 39.6 Å². The van der Waals surface area contributed by atoms with Crippen molar-refractivity contribution in [2.45, 2.75) is 63.8 Å². The lowest BCUT2D eigenvalue weighted by Gasteiger charge is -2.57. The smallest absolute Gasteiger partial charge is 0.410 e. The van der Waals surface area contributed by atoms with Gasteiger partial charge in [0.1, 0.15) is 11.4 Å². The maximum Gasteiger partial charge on any atom is 0.410 e. The van der Waals surface area contributed by atoms with Crippen LogP contribution >= 0.6 is 22.9 Å². The number of nitrogens with zero attached hydrogens (tertiary/aromatic N) is 1. The van der Waals surface area contributed by atoms with Crippen molar-refractivity contribution in [2.75, 3.05) is 6.26 Å². The summed E-state index contributed by atoms with van der Waals surface area (Å²) < 4.78 is 48.8. The van der Waals surface area contributed by atoms with Crippen molar-refractivity contribution in [1.82, 2.24) is 9.62 Å². The van der Waals surface area contributed by atoms with E-state index in [0.29, 0.717) is 33.9 Å². The van der Waals surface area contributed by atoms with Gasteiger partial charge in [0.2, 0.25) is 10.0 Å². The SMILES string of the molecule is CC(C)(C)OC(=O)N1C2CC(C2)[C@H](NS(C)(=O)=O)[C@@H]1Cc1cccc(-c2csc(Cl)c2)c1F. The summed E-state index contributed by atoms with van der Waals surface area (Å²) >= 11 is 7.36. The van der Waals surface area contributed by atoms with E-state index in [1.807, 2.05) is 0 Å². The largest absolute Gasteiger partial charge is 0.444 e. The lowest BCUT2D eigenvalue weighted by atomic mass is 9.67. The Kier molecular flexibility index (Phi) is 6.54. The number of thiophene rings is 1. The molecule has 33 heavy (non-hydrogen) atoms. The number of fused-ring (bicyclic) bond motifs is 2. The fraction of sp³-hybridized carbons (Fsp3) is 0.522. The third kappa shape index (κ3) is 5.37. The lowest BCUT2D eigenvalue weighted by Crippen LogP contribution is -2.70. The summed E-state index contributed by atoms with van der Waals surface area (Å²) in [5, 5.41) is 1.79. The average Bonchev–Trinajstić information content (AvgIpc) is 3.06. The van der Waals surface area contributed by atoms with Gasteiger partial charge in [0.15, 0.2) is 0 Å². The zero-order valence-electron chi connectivity index (χ0n) is 19.0. The van der Waals surface area contributed by atoms with Crippen LogP contribution in [-0.2, 0) is 21.2 Å². The Labute approximate surface area is 203 Å². The molecule has 10 heteroatoms. The molecule has 2 aromatic rings. The summed E-state index contributed by atoms with van der Waals surface area (Å²) in [4.78, 5) is 14.8. The fourth-order valence-electron chi connectivity index (χ4n) is 4.79. The molecule has 6 nitrogen and oxygen atoms in total. The highest BCUT2D eigenvalue weighted by Crippen LogP contribution is 2.45. The van der Waals surface area contributed by atoms with Crippen LogP contribution in [0.25, 0.3) is 11.1 Å². The molecule has 180 valence electrons. The van der Waals surface area contributed by atoms with Crippen LogP contribution < -0.4 is 4.72 Å². The van der Waals surface area contributed by atoms with Gasteiger partial charge in [0.25, 0.3) is 0 Å². The van der Waals surface area contributed by atoms with Crippen LogP contribution in [0.1, 0.15) is 39.2 Å². The molecule has 1 N–H and O–H groups in total. The zero-order chi connectivity index (χ0) is 24.1. The number of halogens is 2. The minimum atomic E-state index is -3.54. The highest BCUT2D eigenvalue weighted by atomic mass is 35.5. The number of sulfonamides is 1. The number of ether oxygens (including phenoxy) is 1. The molecule has 1 saturated carbocycles. The number of carbonyl (C=O) groups is 1. The van der Waals surface area contributed by atoms with Gasteiger partial charge in [-0.3, -0.25) is 0 Å². The first-order valence-corrected chi connectivity index (χ1v) is 14.0. The van der Waals surface area contributed by atoms with Crippen molar-refractivity contribution in [3.63, 3.8) is 0 Å². The first kappa shape index (κ1) is 24.4. The summed E-state index contributed by atoms with van der Waals surface area (Å²) in [5.41, 5.74) is 0.819. The van der Waals surface area contributed by atoms with Crippen molar-refractivity contribution >= 4 is 39.1 Å². The molecule has 3 heterocycles. The van der Waals surface area contributed by atoms with Crippen molar-refractivity contribution in [2.24, 2.45) is 5.92 Å². The lowest BCUT2D eigenvalue weighted by molar-refractivity contribution is -0.0652. The second-order valence-corrected chi connectivity index (χ2v) is 13.2. The maximum absolute atomic E-state index is 15.6. The predicted molar refractivity (Wildman–Crippen MR) is 129 cm³/mol. The molecule has 3 fully saturated rings. The number of piperidine rings is 2. The van der Waals surface area contributed by atoms with Crippen molar-refractivity contribution in [3.8, 4) is 11.1 Å². The molecule has 1 aromatic carbocycles. The summed E-state index contributed by atoms with van der Waals surface area (Å²) in [6.07, 6.45) is 2.15. The van der Waals surface area contributed by atoms with E-state index >= 15 is 4.39 Å². The quantitative estimate of drug-likeness (QED) is 0.604. The van der Waals surface area contributed by atoms with Gasteiger partial charge in [0.05, 0.1) is 16.6 Å². The van der Waals surface area contributed by atoms with E-state index in [0.717, 1.165) is 6.26 Å². The second kappa shape index (κ2) is 8.83. The van der Waals surface area contributed by atoms with E-state index in [2.05, 4.69) is 4.72 Å². The maximum atomic E-state index is 15.6. The molecule has 3 aliphatic rings. The van der Waals surface area contributed by atoms with E-state index in [9.17, 15) is 13.2 Å². The monoisotopic (exact) mass is 514 g/mol. The Morgan fingerprint density at radius 1 is 1.33 bits per heavy atom. The van der Waals surface area contributed by atoms with Gasteiger partial charge in [-0.15, -0.1) is 11.3 Å². The van der Waals surface area contributed by atoms with Gasteiger partial charge in [-0.1, -0.05) is 29.8 Å². The standard InChI is InChI=1S/C23H28ClFN2O4S2/c1-23(2,3)31-22(28)27-16-8-14(9-16)21(26-33(4,29)30)18(27)10-13-6-5-7-17(20(13)25)15-11-19(24)32-12-15/h5-7,11-12,14,16,18,21,26H,8-10H2,1-4H3/t14?,16?,18-,21-/m0/s1. The molecule has 1 aliphatic carbocycles. The number of amides is 1. The molecule has 2 atom stereocenters. The topological polar surface area (TPSA) is 75.7 Å². The van der Waals surface area contributed by atoms with Crippen LogP contribution in [0.5, 0.6) is 0 Å². The molecular weight excluding hydrogens is 487 g/mol. The normalized spacial score (nSPS) is 25.0. The van der Waals surface area contributed by atoms with Crippen LogP contribution in [0, 0.1) is 11.7 Å². The van der Waals surface area contributed by atoms with Gasteiger partial charge >= 0.3 is 6.09 Å². The molecule has 0 spiro atoms. The molecule has 2 bridgehead atoms. The second-order valence-electron chi connectivity index (χ2n) is 9.88. The molecule has 0 radical (unpaired) electrons. The predicted octanol–water partition coefficient (Wildman–Crippen LogP) is 5.07. The van der Waals surface area contributed by atoms with Crippen LogP contribution in [0.4, 0.5) is 9.18 Å². The summed E-state index contributed by atoms with van der Waals surface area (Å²) in [6.45, 7) is 5.36. The van der Waals surface area contributed by atoms with Crippen LogP contribution in [0.3, 0.4) is 0 Å². The third-order valence-corrected chi connectivity index (χ3v) is 7.95. The molecule has 2 saturated heterocycles. The fourth-order valence-corrected chi connectivity index (χ4v) is 6.52. The van der Waals surface area contributed by atoms with Crippen LogP contribution in [0.15, 0.2) is 29.6 Å². The van der Waals surface area contributed by atoms with Gasteiger partial charge in [0, 0.05) is 23.0 Å². The Hall–Kier alpha value is -1.68. The van der Waals surface area contributed by atoms with Gasteiger partial charge in [-0.05, 0) is 63.1 Å². The zero-order valence-corrected chi connectivity index (χ0v) is 21.4. The molecule has 1 aromatic heterocycles. The van der Waals surface area contributed by atoms with Gasteiger partial charge < -0.3 is 9.64 Å². The highest BCUT2D eigenvalue weighted by molar-refractivity contribution is 7.88. The van der Waals surface area contributed by atoms with Gasteiger partial charge in [-0.2, -0.15) is 0 Å². The minimum absolute atomic E-state index is 0.0469. The Bertz CT molecular complexity index is 1160. The number of benzene rings is 1. The first-order chi connectivity index (χ1) is 15.3. The van der Waals surface area contributed by atoms with E-state index in [1.54, 1.807) is 55.3 Å². The molecule has 5 rings (SSSR count). The number of carbonyl (C=O) groups excluding carboxylic acids is 1. The Morgan fingerprint density at radius 3 is 2.61 bits per heavy atom. The molecule has 0 unspecified atom stereocenters. The van der Waals surface area contributed by atoms with Crippen molar-refractivity contribution < 1.29 is 22.3 Å². The van der Waals surface area contributed by atoms with Crippen LogP contribution in [0.2, 0.25) is 4.34 Å². The third-order valence-electron chi connectivity index (χ3n) is 6.16. The summed E-state index contributed by atoms with van der Waals surface area (Å²) in [7, 11) is -3.54. The summed E-state index contributed by atoms with van der Waals surface area (Å²) in [6, 6.07) is 5.71. The molecular formula is C23H28ClFN2O4S2. The highest BCUT2D eigenvalue weighted by Gasteiger charge is 2.54. The molecule has 1 amide bonds. The number of rotatable bonds is 5. The number of hydrogen-bond acceptors (Lipinski definition) is 5. The van der Waals surface area contributed by atoms with Crippen molar-refractivity contribution in [1.29, 1.82) is 0 Å². The summed E-state index contributed by atoms with van der Waals surface area (Å²) in [5.74, 6) is -0.302. The molecule has 2 aliphatic heterocycles. The van der Waals surface area contributed by atoms with Crippen LogP contribution in [-0.4, -0.2) is 49.4 Å². The van der Waals surface area contributed by atoms with Gasteiger partial charge in [-0.25, -0.2) is 22.3 Å². The minimum Gasteiger partial charge on any atom is -0.444 e. The number of hydrogen-bond donors (Lipinski definition) is 1. The van der Waals surface area contributed by atoms with E-state index in [-0.39, 0.29) is 18.4 Å². The van der Waals surface area contributed by atoms with E-state index in [4.69, 9.17) is 16.3 Å².